The van der Waals surface area contributed by atoms with Gasteiger partial charge in [-0.3, -0.25) is 9.59 Å². The Morgan fingerprint density at radius 2 is 1.53 bits per heavy atom. The highest BCUT2D eigenvalue weighted by Gasteiger charge is 2.24. The number of carbonyl (C=O) groups excluding carboxylic acids is 2. The van der Waals surface area contributed by atoms with E-state index in [2.05, 4.69) is 5.32 Å². The Kier molecular flexibility index (Phi) is 8.78. The van der Waals surface area contributed by atoms with Crippen LogP contribution < -0.4 is 19.5 Å². The maximum Gasteiger partial charge on any atom is 0.258 e. The van der Waals surface area contributed by atoms with Gasteiger partial charge >= 0.3 is 0 Å². The molecule has 0 aromatic heterocycles. The van der Waals surface area contributed by atoms with Crippen LogP contribution in [0.5, 0.6) is 17.2 Å². The second-order valence-electron chi connectivity index (χ2n) is 7.64. The van der Waals surface area contributed by atoms with E-state index in [0.717, 1.165) is 24.2 Å². The van der Waals surface area contributed by atoms with Crippen LogP contribution in [0.2, 0.25) is 0 Å². The Balaban J connectivity index is 1.39. The molecule has 2 aromatic carbocycles. The number of likely N-dealkylation sites (tertiary alicyclic amines) is 1. The van der Waals surface area contributed by atoms with Gasteiger partial charge in [0.2, 0.25) is 5.91 Å². The number of carbonyl (C=O) groups is 2. The van der Waals surface area contributed by atoms with Gasteiger partial charge in [-0.15, -0.1) is 0 Å². The molecule has 7 nitrogen and oxygen atoms in total. The largest absolute Gasteiger partial charge is 0.494 e. The Labute approximate surface area is 189 Å². The molecule has 1 heterocycles. The fourth-order valence-corrected chi connectivity index (χ4v) is 3.69. The van der Waals surface area contributed by atoms with Crippen molar-refractivity contribution in [3.63, 3.8) is 0 Å². The molecule has 1 saturated heterocycles. The average Bonchev–Trinajstić information content (AvgIpc) is 2.80. The summed E-state index contributed by atoms with van der Waals surface area (Å²) in [5.41, 5.74) is 0.971. The molecular weight excluding hydrogens is 408 g/mol. The summed E-state index contributed by atoms with van der Waals surface area (Å²) in [5, 5.41) is 3.01. The lowest BCUT2D eigenvalue weighted by molar-refractivity contribution is -0.131. The third-order valence-electron chi connectivity index (χ3n) is 5.31. The summed E-state index contributed by atoms with van der Waals surface area (Å²) >= 11 is 0. The number of benzene rings is 2. The molecule has 0 atom stereocenters. The number of amides is 2. The van der Waals surface area contributed by atoms with Gasteiger partial charge in [0.15, 0.2) is 18.1 Å². The van der Waals surface area contributed by atoms with E-state index in [9.17, 15) is 9.59 Å². The van der Waals surface area contributed by atoms with Crippen LogP contribution in [0.1, 0.15) is 32.3 Å². The molecule has 1 aliphatic heterocycles. The van der Waals surface area contributed by atoms with Crippen molar-refractivity contribution in [3.05, 3.63) is 54.1 Å². The van der Waals surface area contributed by atoms with Crippen molar-refractivity contribution < 1.29 is 23.8 Å². The minimum absolute atomic E-state index is 0.0442. The molecule has 1 fully saturated rings. The first-order valence-corrected chi connectivity index (χ1v) is 11.2. The van der Waals surface area contributed by atoms with E-state index in [1.807, 2.05) is 61.2 Å². The van der Waals surface area contributed by atoms with Crippen molar-refractivity contribution in [2.75, 3.05) is 32.9 Å². The van der Waals surface area contributed by atoms with E-state index in [4.69, 9.17) is 14.2 Å². The van der Waals surface area contributed by atoms with E-state index in [-0.39, 0.29) is 24.5 Å². The smallest absolute Gasteiger partial charge is 0.258 e. The second kappa shape index (κ2) is 12.0. The summed E-state index contributed by atoms with van der Waals surface area (Å²) in [4.78, 5) is 26.8. The molecule has 0 saturated carbocycles. The first-order chi connectivity index (χ1) is 15.6. The predicted octanol–water partition coefficient (Wildman–Crippen LogP) is 3.21. The lowest BCUT2D eigenvalue weighted by atomic mass is 10.0. The van der Waals surface area contributed by atoms with Crippen molar-refractivity contribution in [2.45, 2.75) is 39.2 Å². The van der Waals surface area contributed by atoms with Gasteiger partial charge in [0.1, 0.15) is 5.75 Å². The number of ether oxygens (including phenoxy) is 3. The van der Waals surface area contributed by atoms with Crippen LogP contribution in [0, 0.1) is 0 Å². The van der Waals surface area contributed by atoms with Gasteiger partial charge < -0.3 is 24.4 Å². The number of piperidine rings is 1. The number of hydrogen-bond acceptors (Lipinski definition) is 5. The Hall–Kier alpha value is -3.22. The minimum Gasteiger partial charge on any atom is -0.494 e. The molecule has 2 amide bonds. The zero-order valence-corrected chi connectivity index (χ0v) is 18.8. The van der Waals surface area contributed by atoms with Crippen molar-refractivity contribution in [1.29, 1.82) is 0 Å². The van der Waals surface area contributed by atoms with Crippen molar-refractivity contribution in [2.24, 2.45) is 0 Å². The van der Waals surface area contributed by atoms with Gasteiger partial charge in [-0.2, -0.15) is 0 Å². The molecule has 1 N–H and O–H groups in total. The maximum absolute atomic E-state index is 12.6. The molecule has 0 unspecified atom stereocenters. The monoisotopic (exact) mass is 440 g/mol. The fourth-order valence-electron chi connectivity index (χ4n) is 3.69. The Bertz CT molecular complexity index is 876. The van der Waals surface area contributed by atoms with Gasteiger partial charge in [-0.05, 0) is 56.5 Å². The van der Waals surface area contributed by atoms with Crippen molar-refractivity contribution in [1.82, 2.24) is 10.2 Å². The molecule has 7 heteroatoms. The summed E-state index contributed by atoms with van der Waals surface area (Å²) in [7, 11) is 0. The zero-order chi connectivity index (χ0) is 22.8. The summed E-state index contributed by atoms with van der Waals surface area (Å²) < 4.78 is 16.6. The number of rotatable bonds is 10. The van der Waals surface area contributed by atoms with Gasteiger partial charge in [0.05, 0.1) is 19.6 Å². The standard InChI is InChI=1S/C25H32N2O5/c1-3-30-21-11-9-19(10-12-21)17-25(29)27-15-13-20(14-16-27)26-24(28)18-32-23-8-6-5-7-22(23)31-4-2/h5-12,20H,3-4,13-18H2,1-2H3,(H,26,28). The fraction of sp³-hybridized carbons (Fsp3) is 0.440. The van der Waals surface area contributed by atoms with Crippen LogP contribution in [0.3, 0.4) is 0 Å². The minimum atomic E-state index is -0.171. The molecule has 2 aromatic rings. The SMILES string of the molecule is CCOc1ccc(CC(=O)N2CCC(NC(=O)COc3ccccc3OCC)CC2)cc1. The highest BCUT2D eigenvalue weighted by atomic mass is 16.5. The van der Waals surface area contributed by atoms with Gasteiger partial charge in [-0.25, -0.2) is 0 Å². The molecule has 172 valence electrons. The topological polar surface area (TPSA) is 77.1 Å². The average molecular weight is 441 g/mol. The van der Waals surface area contributed by atoms with Crippen LogP contribution in [0.4, 0.5) is 0 Å². The van der Waals surface area contributed by atoms with Crippen LogP contribution in [0.25, 0.3) is 0 Å². The summed E-state index contributed by atoms with van der Waals surface area (Å²) in [6.07, 6.45) is 1.84. The quantitative estimate of drug-likeness (QED) is 0.614. The predicted molar refractivity (Wildman–Crippen MR) is 122 cm³/mol. The van der Waals surface area contributed by atoms with Gasteiger partial charge in [0.25, 0.3) is 5.91 Å². The summed E-state index contributed by atoms with van der Waals surface area (Å²) in [5.74, 6) is 1.93. The van der Waals surface area contributed by atoms with Gasteiger partial charge in [-0.1, -0.05) is 24.3 Å². The molecular formula is C25H32N2O5. The van der Waals surface area contributed by atoms with E-state index in [1.54, 1.807) is 6.07 Å². The number of hydrogen-bond donors (Lipinski definition) is 1. The summed E-state index contributed by atoms with van der Waals surface area (Å²) in [6.45, 7) is 6.19. The Morgan fingerprint density at radius 3 is 2.16 bits per heavy atom. The normalized spacial score (nSPS) is 14.0. The third-order valence-corrected chi connectivity index (χ3v) is 5.31. The Morgan fingerprint density at radius 1 is 0.906 bits per heavy atom. The zero-order valence-electron chi connectivity index (χ0n) is 18.8. The number of nitrogens with one attached hydrogen (secondary N) is 1. The van der Waals surface area contributed by atoms with Crippen LogP contribution in [-0.2, 0) is 16.0 Å². The van der Waals surface area contributed by atoms with Crippen molar-refractivity contribution in [3.8, 4) is 17.2 Å². The van der Waals surface area contributed by atoms with E-state index >= 15 is 0 Å². The second-order valence-corrected chi connectivity index (χ2v) is 7.64. The molecule has 32 heavy (non-hydrogen) atoms. The van der Waals surface area contributed by atoms with Crippen LogP contribution in [0.15, 0.2) is 48.5 Å². The molecule has 0 radical (unpaired) electrons. The maximum atomic E-state index is 12.6. The van der Waals surface area contributed by atoms with Crippen molar-refractivity contribution >= 4 is 11.8 Å². The first kappa shape index (κ1) is 23.4. The molecule has 1 aliphatic rings. The van der Waals surface area contributed by atoms with Crippen LogP contribution in [-0.4, -0.2) is 55.7 Å². The van der Waals surface area contributed by atoms with E-state index < -0.39 is 0 Å². The lowest BCUT2D eigenvalue weighted by Crippen LogP contribution is -2.47. The molecule has 0 spiro atoms. The highest BCUT2D eigenvalue weighted by Crippen LogP contribution is 2.26. The molecule has 0 bridgehead atoms. The third kappa shape index (κ3) is 6.90. The molecule has 0 aliphatic carbocycles. The number of para-hydroxylation sites is 2. The van der Waals surface area contributed by atoms with E-state index in [1.165, 1.54) is 0 Å². The highest BCUT2D eigenvalue weighted by molar-refractivity contribution is 5.79. The van der Waals surface area contributed by atoms with E-state index in [0.29, 0.717) is 44.2 Å². The number of nitrogens with zero attached hydrogens (tertiary/aromatic N) is 1. The molecule has 3 rings (SSSR count). The lowest BCUT2D eigenvalue weighted by Gasteiger charge is -2.32. The summed E-state index contributed by atoms with van der Waals surface area (Å²) in [6, 6.07) is 15.0. The first-order valence-electron chi connectivity index (χ1n) is 11.2. The van der Waals surface area contributed by atoms with Gasteiger partial charge in [0, 0.05) is 19.1 Å². The van der Waals surface area contributed by atoms with Crippen LogP contribution >= 0.6 is 0 Å².